The first-order valence-corrected chi connectivity index (χ1v) is 11.4. The first-order chi connectivity index (χ1) is 16.9. The van der Waals surface area contributed by atoms with Crippen LogP contribution >= 0.6 is 0 Å². The lowest BCUT2D eigenvalue weighted by Crippen LogP contribution is -2.26. The van der Waals surface area contributed by atoms with Gasteiger partial charge in [0.15, 0.2) is 17.1 Å². The van der Waals surface area contributed by atoms with Gasteiger partial charge in [0, 0.05) is 17.8 Å². The number of nitrogens with zero attached hydrogens (tertiary/aromatic N) is 3. The molecule has 0 aliphatic heterocycles. The summed E-state index contributed by atoms with van der Waals surface area (Å²) >= 11 is 0. The van der Waals surface area contributed by atoms with E-state index in [1.54, 1.807) is 26.0 Å². The molecule has 0 aliphatic rings. The Morgan fingerprint density at radius 2 is 1.66 bits per heavy atom. The highest BCUT2D eigenvalue weighted by Crippen LogP contribution is 2.39. The molecule has 8 heteroatoms. The second-order valence-electron chi connectivity index (χ2n) is 8.34. The van der Waals surface area contributed by atoms with Crippen LogP contribution in [0.2, 0.25) is 0 Å². The summed E-state index contributed by atoms with van der Waals surface area (Å²) in [5.41, 5.74) is 5.69. The molecule has 1 N–H and O–H groups in total. The fourth-order valence-corrected chi connectivity index (χ4v) is 4.23. The lowest BCUT2D eigenvalue weighted by atomic mass is 10.1. The maximum Gasteiger partial charge on any atom is 0.252 e. The molecule has 0 aliphatic carbocycles. The summed E-state index contributed by atoms with van der Waals surface area (Å²) in [6.45, 7) is 6.24. The van der Waals surface area contributed by atoms with Gasteiger partial charge in [0.05, 0.1) is 43.7 Å². The van der Waals surface area contributed by atoms with Crippen molar-refractivity contribution in [2.24, 2.45) is 0 Å². The van der Waals surface area contributed by atoms with E-state index in [0.29, 0.717) is 41.4 Å². The zero-order chi connectivity index (χ0) is 25.1. The molecule has 0 radical (unpaired) electrons. The van der Waals surface area contributed by atoms with Gasteiger partial charge >= 0.3 is 0 Å². The summed E-state index contributed by atoms with van der Waals surface area (Å²) in [4.78, 5) is 18.0. The highest BCUT2D eigenvalue weighted by atomic mass is 16.5. The number of fused-ring (bicyclic) bond motifs is 1. The van der Waals surface area contributed by atoms with Crippen molar-refractivity contribution >= 4 is 16.9 Å². The van der Waals surface area contributed by atoms with Crippen molar-refractivity contribution in [3.05, 3.63) is 70.5 Å². The Labute approximate surface area is 204 Å². The number of rotatable bonds is 8. The van der Waals surface area contributed by atoms with E-state index >= 15 is 0 Å². The van der Waals surface area contributed by atoms with Gasteiger partial charge in [-0.2, -0.15) is 5.10 Å². The molecule has 35 heavy (non-hydrogen) atoms. The number of amides is 1. The third kappa shape index (κ3) is 4.64. The van der Waals surface area contributed by atoms with E-state index in [1.807, 2.05) is 63.2 Å². The molecular formula is C27H30N4O4. The van der Waals surface area contributed by atoms with Crippen LogP contribution in [0.25, 0.3) is 16.7 Å². The molecule has 4 aromatic rings. The van der Waals surface area contributed by atoms with Gasteiger partial charge < -0.3 is 19.5 Å². The number of carbonyl (C=O) groups is 1. The van der Waals surface area contributed by atoms with Crippen LogP contribution in [0.1, 0.15) is 32.9 Å². The molecule has 0 fully saturated rings. The fraction of sp³-hybridized carbons (Fsp3) is 0.296. The normalized spacial score (nSPS) is 10.9. The number of ether oxygens (including phenoxy) is 3. The summed E-state index contributed by atoms with van der Waals surface area (Å²) in [5.74, 6) is 1.54. The number of aryl methyl sites for hydroxylation is 3. The van der Waals surface area contributed by atoms with Crippen molar-refractivity contribution in [3.63, 3.8) is 0 Å². The Bertz CT molecular complexity index is 1380. The number of carbonyl (C=O) groups excluding carboxylic acids is 1. The third-order valence-corrected chi connectivity index (χ3v) is 5.93. The number of pyridine rings is 1. The van der Waals surface area contributed by atoms with Crippen LogP contribution in [0.3, 0.4) is 0 Å². The minimum atomic E-state index is -0.175. The first kappa shape index (κ1) is 24.1. The Morgan fingerprint density at radius 3 is 2.31 bits per heavy atom. The lowest BCUT2D eigenvalue weighted by Gasteiger charge is -2.16. The fourth-order valence-electron chi connectivity index (χ4n) is 4.23. The zero-order valence-electron chi connectivity index (χ0n) is 20.9. The van der Waals surface area contributed by atoms with Gasteiger partial charge in [0.2, 0.25) is 5.75 Å². The molecule has 1 amide bonds. The molecule has 0 unspecified atom stereocenters. The van der Waals surface area contributed by atoms with E-state index in [1.165, 1.54) is 0 Å². The number of methoxy groups -OCH3 is 3. The topological polar surface area (TPSA) is 87.5 Å². The van der Waals surface area contributed by atoms with Gasteiger partial charge in [-0.1, -0.05) is 23.8 Å². The van der Waals surface area contributed by atoms with E-state index in [-0.39, 0.29) is 5.91 Å². The van der Waals surface area contributed by atoms with Crippen molar-refractivity contribution in [2.45, 2.75) is 27.2 Å². The Balaban J connectivity index is 1.60. The monoisotopic (exact) mass is 474 g/mol. The molecule has 2 aromatic heterocycles. The molecule has 182 valence electrons. The summed E-state index contributed by atoms with van der Waals surface area (Å²) in [6.07, 6.45) is 0.560. The van der Waals surface area contributed by atoms with E-state index < -0.39 is 0 Å². The van der Waals surface area contributed by atoms with E-state index in [0.717, 1.165) is 33.6 Å². The number of benzene rings is 2. The van der Waals surface area contributed by atoms with E-state index in [9.17, 15) is 4.79 Å². The molecular weight excluding hydrogens is 444 g/mol. The second kappa shape index (κ2) is 10.0. The highest BCUT2D eigenvalue weighted by Gasteiger charge is 2.20. The van der Waals surface area contributed by atoms with Crippen molar-refractivity contribution < 1.29 is 19.0 Å². The van der Waals surface area contributed by atoms with Crippen LogP contribution in [0, 0.1) is 20.8 Å². The predicted octanol–water partition coefficient (Wildman–Crippen LogP) is 4.34. The second-order valence-corrected chi connectivity index (χ2v) is 8.34. The summed E-state index contributed by atoms with van der Waals surface area (Å²) in [5, 5.41) is 8.48. The van der Waals surface area contributed by atoms with Gasteiger partial charge in [-0.15, -0.1) is 0 Å². The molecule has 0 spiro atoms. The number of nitrogens with one attached hydrogen (secondary N) is 1. The Morgan fingerprint density at radius 1 is 0.943 bits per heavy atom. The van der Waals surface area contributed by atoms with Gasteiger partial charge in [-0.3, -0.25) is 4.79 Å². The number of aromatic nitrogens is 3. The van der Waals surface area contributed by atoms with Gasteiger partial charge in [0.25, 0.3) is 5.91 Å². The molecule has 0 saturated carbocycles. The smallest absolute Gasteiger partial charge is 0.252 e. The molecule has 0 atom stereocenters. The molecule has 4 rings (SSSR count). The summed E-state index contributed by atoms with van der Waals surface area (Å²) in [6, 6.07) is 13.6. The van der Waals surface area contributed by atoms with Crippen molar-refractivity contribution in [1.82, 2.24) is 20.1 Å². The predicted molar refractivity (Wildman–Crippen MR) is 135 cm³/mol. The standard InChI is InChI=1S/C27H30N4O4/c1-16-7-10-20(11-8-16)31-26-23(18(3)30-31)21(15-17(2)29-26)27(32)28-14-13-19-9-12-22(33-4)25(35-6)24(19)34-5/h7-12,15H,13-14H2,1-6H3,(H,28,32). The molecule has 0 bridgehead atoms. The van der Waals surface area contributed by atoms with Gasteiger partial charge in [-0.05, 0) is 51.5 Å². The summed E-state index contributed by atoms with van der Waals surface area (Å²) in [7, 11) is 4.74. The zero-order valence-corrected chi connectivity index (χ0v) is 20.9. The van der Waals surface area contributed by atoms with Crippen LogP contribution in [0.4, 0.5) is 0 Å². The van der Waals surface area contributed by atoms with Gasteiger partial charge in [-0.25, -0.2) is 9.67 Å². The largest absolute Gasteiger partial charge is 0.493 e. The maximum atomic E-state index is 13.3. The van der Waals surface area contributed by atoms with Crippen LogP contribution in [0.15, 0.2) is 42.5 Å². The molecule has 2 aromatic carbocycles. The average molecular weight is 475 g/mol. The van der Waals surface area contributed by atoms with Gasteiger partial charge in [0.1, 0.15) is 0 Å². The van der Waals surface area contributed by atoms with Crippen LogP contribution < -0.4 is 19.5 Å². The number of hydrogen-bond acceptors (Lipinski definition) is 6. The molecule has 2 heterocycles. The minimum Gasteiger partial charge on any atom is -0.493 e. The molecule has 8 nitrogen and oxygen atoms in total. The van der Waals surface area contributed by atoms with Crippen molar-refractivity contribution in [1.29, 1.82) is 0 Å². The van der Waals surface area contributed by atoms with Crippen molar-refractivity contribution in [3.8, 4) is 22.9 Å². The summed E-state index contributed by atoms with van der Waals surface area (Å²) < 4.78 is 18.2. The Kier molecular flexibility index (Phi) is 6.91. The van der Waals surface area contributed by atoms with Crippen LogP contribution in [0.5, 0.6) is 17.2 Å². The van der Waals surface area contributed by atoms with E-state index in [4.69, 9.17) is 24.3 Å². The molecule has 0 saturated heterocycles. The highest BCUT2D eigenvalue weighted by molar-refractivity contribution is 6.06. The number of hydrogen-bond donors (Lipinski definition) is 1. The van der Waals surface area contributed by atoms with Crippen LogP contribution in [-0.4, -0.2) is 48.5 Å². The van der Waals surface area contributed by atoms with Crippen molar-refractivity contribution in [2.75, 3.05) is 27.9 Å². The Hall–Kier alpha value is -4.07. The quantitative estimate of drug-likeness (QED) is 0.409. The third-order valence-electron chi connectivity index (χ3n) is 5.93. The average Bonchev–Trinajstić information content (AvgIpc) is 3.19. The SMILES string of the molecule is COc1ccc(CCNC(=O)c2cc(C)nc3c2c(C)nn3-c2ccc(C)cc2)c(OC)c1OC. The minimum absolute atomic E-state index is 0.175. The van der Waals surface area contributed by atoms with Crippen LogP contribution in [-0.2, 0) is 6.42 Å². The first-order valence-electron chi connectivity index (χ1n) is 11.4. The maximum absolute atomic E-state index is 13.3. The van der Waals surface area contributed by atoms with E-state index in [2.05, 4.69) is 5.32 Å². The lowest BCUT2D eigenvalue weighted by molar-refractivity contribution is 0.0955.